The van der Waals surface area contributed by atoms with Gasteiger partial charge in [0.1, 0.15) is 16.4 Å². The van der Waals surface area contributed by atoms with Crippen molar-refractivity contribution < 1.29 is 22.1 Å². The predicted octanol–water partition coefficient (Wildman–Crippen LogP) is 3.15. The van der Waals surface area contributed by atoms with Gasteiger partial charge >= 0.3 is 16.1 Å². The second-order valence-corrected chi connectivity index (χ2v) is 7.22. The first-order chi connectivity index (χ1) is 12.8. The highest BCUT2D eigenvalue weighted by Crippen LogP contribution is 2.32. The molecule has 8 heteroatoms. The number of carbonyl (C=O) groups is 1. The lowest BCUT2D eigenvalue weighted by Gasteiger charge is -2.11. The number of rotatable bonds is 5. The Kier molecular flexibility index (Phi) is 5.18. The molecular formula is C19H16N2O5S. The molecule has 0 saturated heterocycles. The summed E-state index contributed by atoms with van der Waals surface area (Å²) in [6.45, 7) is 3.10. The molecule has 3 aromatic rings. The molecule has 0 aliphatic rings. The summed E-state index contributed by atoms with van der Waals surface area (Å²) in [7, 11) is -4.02. The molecule has 0 amide bonds. The molecule has 7 nitrogen and oxygen atoms in total. The highest BCUT2D eigenvalue weighted by molar-refractivity contribution is 7.87. The molecule has 2 aromatic carbocycles. The van der Waals surface area contributed by atoms with Crippen LogP contribution in [0.15, 0.2) is 65.8 Å². The van der Waals surface area contributed by atoms with Gasteiger partial charge in [0.15, 0.2) is 5.82 Å². The number of aryl methyl sites for hydroxylation is 1. The van der Waals surface area contributed by atoms with Crippen LogP contribution >= 0.6 is 0 Å². The summed E-state index contributed by atoms with van der Waals surface area (Å²) < 4.78 is 35.3. The fourth-order valence-electron chi connectivity index (χ4n) is 2.30. The van der Waals surface area contributed by atoms with Crippen LogP contribution in [0.1, 0.15) is 12.5 Å². The van der Waals surface area contributed by atoms with Crippen molar-refractivity contribution in [3.05, 3.63) is 66.5 Å². The van der Waals surface area contributed by atoms with E-state index in [1.165, 1.54) is 37.3 Å². The summed E-state index contributed by atoms with van der Waals surface area (Å²) in [4.78, 5) is 19.7. The molecule has 0 atom stereocenters. The van der Waals surface area contributed by atoms with Gasteiger partial charge in [-0.1, -0.05) is 17.7 Å². The molecule has 138 valence electrons. The van der Waals surface area contributed by atoms with E-state index in [0.29, 0.717) is 11.4 Å². The van der Waals surface area contributed by atoms with Crippen molar-refractivity contribution in [3.8, 4) is 22.9 Å². The van der Waals surface area contributed by atoms with Gasteiger partial charge in [-0.05, 0) is 37.3 Å². The van der Waals surface area contributed by atoms with E-state index in [-0.39, 0.29) is 16.4 Å². The average molecular weight is 384 g/mol. The van der Waals surface area contributed by atoms with E-state index in [9.17, 15) is 13.2 Å². The number of benzene rings is 2. The zero-order valence-corrected chi connectivity index (χ0v) is 15.4. The summed E-state index contributed by atoms with van der Waals surface area (Å²) in [5.41, 5.74) is 1.36. The third-order valence-electron chi connectivity index (χ3n) is 3.53. The van der Waals surface area contributed by atoms with Crippen molar-refractivity contribution in [1.82, 2.24) is 9.97 Å². The zero-order valence-electron chi connectivity index (χ0n) is 14.6. The largest absolute Gasteiger partial charge is 0.426 e. The third kappa shape index (κ3) is 4.48. The topological polar surface area (TPSA) is 95.5 Å². The minimum absolute atomic E-state index is 0.00602. The van der Waals surface area contributed by atoms with E-state index in [1.807, 2.05) is 6.92 Å². The van der Waals surface area contributed by atoms with Crippen molar-refractivity contribution in [2.75, 3.05) is 0 Å². The van der Waals surface area contributed by atoms with Crippen molar-refractivity contribution in [2.24, 2.45) is 0 Å². The Morgan fingerprint density at radius 2 is 1.67 bits per heavy atom. The van der Waals surface area contributed by atoms with Gasteiger partial charge in [0.05, 0.1) is 5.56 Å². The van der Waals surface area contributed by atoms with Gasteiger partial charge in [0, 0.05) is 25.4 Å². The van der Waals surface area contributed by atoms with E-state index >= 15 is 0 Å². The molecule has 27 heavy (non-hydrogen) atoms. The van der Waals surface area contributed by atoms with E-state index in [4.69, 9.17) is 8.92 Å². The molecule has 0 N–H and O–H groups in total. The van der Waals surface area contributed by atoms with Crippen LogP contribution in [0.5, 0.6) is 11.5 Å². The standard InChI is InChI=1S/C19H16N2O5S/c1-13-4-7-16(8-5-13)27(23,24)26-15-6-9-17(18(12-15)25-14(2)22)19-20-10-3-11-21-19/h3-12H,1-2H3. The van der Waals surface area contributed by atoms with E-state index < -0.39 is 16.1 Å². The van der Waals surface area contributed by atoms with Crippen LogP contribution in [0.4, 0.5) is 0 Å². The Morgan fingerprint density at radius 3 is 2.30 bits per heavy atom. The number of ether oxygens (including phenoxy) is 1. The molecular weight excluding hydrogens is 368 g/mol. The number of esters is 1. The molecule has 1 aromatic heterocycles. The molecule has 0 saturated carbocycles. The quantitative estimate of drug-likeness (QED) is 0.379. The van der Waals surface area contributed by atoms with E-state index in [2.05, 4.69) is 9.97 Å². The first-order valence-electron chi connectivity index (χ1n) is 7.96. The Bertz CT molecular complexity index is 1070. The Labute approximate surface area is 156 Å². The normalized spacial score (nSPS) is 11.0. The second-order valence-electron chi connectivity index (χ2n) is 5.67. The van der Waals surface area contributed by atoms with E-state index in [1.54, 1.807) is 30.6 Å². The summed E-state index contributed by atoms with van der Waals surface area (Å²) in [6, 6.07) is 12.2. The Hall–Kier alpha value is -3.26. The second kappa shape index (κ2) is 7.55. The van der Waals surface area contributed by atoms with Crippen LogP contribution in [0, 0.1) is 6.92 Å². The maximum absolute atomic E-state index is 12.4. The third-order valence-corrected chi connectivity index (χ3v) is 4.79. The zero-order chi connectivity index (χ0) is 19.4. The van der Waals surface area contributed by atoms with E-state index in [0.717, 1.165) is 5.56 Å². The summed E-state index contributed by atoms with van der Waals surface area (Å²) in [5, 5.41) is 0. The lowest BCUT2D eigenvalue weighted by atomic mass is 10.2. The van der Waals surface area contributed by atoms with Crippen LogP contribution in [-0.2, 0) is 14.9 Å². The van der Waals surface area contributed by atoms with Crippen LogP contribution in [0.2, 0.25) is 0 Å². The molecule has 0 aliphatic carbocycles. The number of hydrogen-bond donors (Lipinski definition) is 0. The van der Waals surface area contributed by atoms with Crippen molar-refractivity contribution in [2.45, 2.75) is 18.7 Å². The maximum Gasteiger partial charge on any atom is 0.339 e. The number of carbonyl (C=O) groups excluding carboxylic acids is 1. The highest BCUT2D eigenvalue weighted by atomic mass is 32.2. The number of nitrogens with zero attached hydrogens (tertiary/aromatic N) is 2. The maximum atomic E-state index is 12.4. The van der Waals surface area contributed by atoms with Gasteiger partial charge in [-0.3, -0.25) is 4.79 Å². The minimum atomic E-state index is -4.02. The Morgan fingerprint density at radius 1 is 1.00 bits per heavy atom. The molecule has 0 aliphatic heterocycles. The molecule has 0 spiro atoms. The van der Waals surface area contributed by atoms with Crippen molar-refractivity contribution in [1.29, 1.82) is 0 Å². The molecule has 0 bridgehead atoms. The molecule has 0 unspecified atom stereocenters. The highest BCUT2D eigenvalue weighted by Gasteiger charge is 2.19. The summed E-state index contributed by atoms with van der Waals surface area (Å²) >= 11 is 0. The van der Waals surface area contributed by atoms with Crippen LogP contribution in [0.25, 0.3) is 11.4 Å². The fourth-order valence-corrected chi connectivity index (χ4v) is 3.22. The SMILES string of the molecule is CC(=O)Oc1cc(OS(=O)(=O)c2ccc(C)cc2)ccc1-c1ncccn1. The smallest absolute Gasteiger partial charge is 0.339 e. The van der Waals surface area contributed by atoms with Crippen molar-refractivity contribution in [3.63, 3.8) is 0 Å². The van der Waals surface area contributed by atoms with Gasteiger partial charge in [-0.2, -0.15) is 8.42 Å². The monoisotopic (exact) mass is 384 g/mol. The molecule has 1 heterocycles. The summed E-state index contributed by atoms with van der Waals surface area (Å²) in [6.07, 6.45) is 3.10. The van der Waals surface area contributed by atoms with Gasteiger partial charge in [0.2, 0.25) is 0 Å². The van der Waals surface area contributed by atoms with Crippen LogP contribution in [-0.4, -0.2) is 24.4 Å². The lowest BCUT2D eigenvalue weighted by Crippen LogP contribution is -2.10. The first kappa shape index (κ1) is 18.5. The average Bonchev–Trinajstić information content (AvgIpc) is 2.62. The number of hydrogen-bond acceptors (Lipinski definition) is 7. The fraction of sp³-hybridized carbons (Fsp3) is 0.105. The van der Waals surface area contributed by atoms with Gasteiger partial charge in [0.25, 0.3) is 0 Å². The lowest BCUT2D eigenvalue weighted by molar-refractivity contribution is -0.131. The minimum Gasteiger partial charge on any atom is -0.426 e. The molecule has 3 rings (SSSR count). The van der Waals surface area contributed by atoms with Gasteiger partial charge in [-0.15, -0.1) is 0 Å². The number of aromatic nitrogens is 2. The van der Waals surface area contributed by atoms with Crippen LogP contribution in [0.3, 0.4) is 0 Å². The van der Waals surface area contributed by atoms with Gasteiger partial charge < -0.3 is 8.92 Å². The predicted molar refractivity (Wildman–Crippen MR) is 97.8 cm³/mol. The molecule has 0 radical (unpaired) electrons. The van der Waals surface area contributed by atoms with Crippen LogP contribution < -0.4 is 8.92 Å². The first-order valence-corrected chi connectivity index (χ1v) is 9.37. The van der Waals surface area contributed by atoms with Crippen molar-refractivity contribution >= 4 is 16.1 Å². The Balaban J connectivity index is 1.97. The summed E-state index contributed by atoms with van der Waals surface area (Å²) in [5.74, 6) is -0.121. The van der Waals surface area contributed by atoms with Gasteiger partial charge in [-0.25, -0.2) is 9.97 Å². The molecule has 0 fully saturated rings.